The van der Waals surface area contributed by atoms with Gasteiger partial charge in [-0.15, -0.1) is 0 Å². The largest absolute Gasteiger partial charge is 0.494 e. The van der Waals surface area contributed by atoms with Crippen molar-refractivity contribution in [1.82, 2.24) is 9.80 Å². The Kier molecular flexibility index (Phi) is 6.02. The van der Waals surface area contributed by atoms with Crippen LogP contribution in [0.3, 0.4) is 0 Å². The minimum absolute atomic E-state index is 0.0149. The average Bonchev–Trinajstić information content (AvgIpc) is 2.56. The lowest BCUT2D eigenvalue weighted by molar-refractivity contribution is -0.141. The number of benzene rings is 1. The summed E-state index contributed by atoms with van der Waals surface area (Å²) >= 11 is 0. The van der Waals surface area contributed by atoms with E-state index in [9.17, 15) is 9.59 Å². The second kappa shape index (κ2) is 7.99. The Morgan fingerprint density at radius 3 is 2.13 bits per heavy atom. The molecule has 1 saturated heterocycles. The summed E-state index contributed by atoms with van der Waals surface area (Å²) in [4.78, 5) is 28.0. The van der Waals surface area contributed by atoms with Crippen molar-refractivity contribution < 1.29 is 14.3 Å². The molecule has 23 heavy (non-hydrogen) atoms. The first-order valence-corrected chi connectivity index (χ1v) is 8.29. The monoisotopic (exact) mass is 318 g/mol. The number of hydrogen-bond acceptors (Lipinski definition) is 3. The molecule has 0 radical (unpaired) electrons. The van der Waals surface area contributed by atoms with Gasteiger partial charge in [0.25, 0.3) is 0 Å². The molecule has 5 heteroatoms. The third-order valence-corrected chi connectivity index (χ3v) is 4.03. The number of ether oxygens (including phenoxy) is 1. The number of hydrogen-bond donors (Lipinski definition) is 0. The molecule has 1 aromatic rings. The standard InChI is InChI=1S/C18H26N2O3/c1-4-23-16-7-5-15(6-8-16)13-17(21)19-9-11-20(12-10-19)18(22)14(2)3/h5-8,14H,4,9-13H2,1-3H3. The third-order valence-electron chi connectivity index (χ3n) is 4.03. The molecule has 0 atom stereocenters. The van der Waals surface area contributed by atoms with Crippen molar-refractivity contribution >= 4 is 11.8 Å². The van der Waals surface area contributed by atoms with Gasteiger partial charge < -0.3 is 14.5 Å². The van der Waals surface area contributed by atoms with E-state index < -0.39 is 0 Å². The van der Waals surface area contributed by atoms with Crippen molar-refractivity contribution in [2.75, 3.05) is 32.8 Å². The van der Waals surface area contributed by atoms with E-state index in [2.05, 4.69) is 0 Å². The number of amides is 2. The molecule has 1 aliphatic rings. The Bertz CT molecular complexity index is 532. The van der Waals surface area contributed by atoms with Gasteiger partial charge in [0, 0.05) is 32.1 Å². The van der Waals surface area contributed by atoms with E-state index in [0.29, 0.717) is 39.2 Å². The number of carbonyl (C=O) groups is 2. The lowest BCUT2D eigenvalue weighted by Gasteiger charge is -2.35. The van der Waals surface area contributed by atoms with E-state index >= 15 is 0 Å². The number of nitrogens with zero attached hydrogens (tertiary/aromatic N) is 2. The van der Waals surface area contributed by atoms with Crippen LogP contribution >= 0.6 is 0 Å². The van der Waals surface area contributed by atoms with Crippen molar-refractivity contribution in [3.63, 3.8) is 0 Å². The first-order valence-electron chi connectivity index (χ1n) is 8.29. The zero-order valence-electron chi connectivity index (χ0n) is 14.2. The van der Waals surface area contributed by atoms with Crippen LogP contribution in [0.4, 0.5) is 0 Å². The van der Waals surface area contributed by atoms with Crippen LogP contribution in [0.25, 0.3) is 0 Å². The molecule has 1 aromatic carbocycles. The Hall–Kier alpha value is -2.04. The molecule has 1 fully saturated rings. The van der Waals surface area contributed by atoms with Crippen molar-refractivity contribution in [3.8, 4) is 5.75 Å². The maximum Gasteiger partial charge on any atom is 0.227 e. The van der Waals surface area contributed by atoms with Crippen LogP contribution in [0.15, 0.2) is 24.3 Å². The first-order chi connectivity index (χ1) is 11.0. The lowest BCUT2D eigenvalue weighted by Crippen LogP contribution is -2.51. The second-order valence-corrected chi connectivity index (χ2v) is 6.11. The van der Waals surface area contributed by atoms with Crippen LogP contribution < -0.4 is 4.74 Å². The molecule has 5 nitrogen and oxygen atoms in total. The molecular weight excluding hydrogens is 292 g/mol. The van der Waals surface area contributed by atoms with Crippen LogP contribution in [0, 0.1) is 5.92 Å². The minimum Gasteiger partial charge on any atom is -0.494 e. The van der Waals surface area contributed by atoms with E-state index in [1.54, 1.807) is 0 Å². The summed E-state index contributed by atoms with van der Waals surface area (Å²) in [5, 5.41) is 0. The fraction of sp³-hybridized carbons (Fsp3) is 0.556. The lowest BCUT2D eigenvalue weighted by atomic mass is 10.1. The number of piperazine rings is 1. The topological polar surface area (TPSA) is 49.9 Å². The van der Waals surface area contributed by atoms with Gasteiger partial charge in [0.15, 0.2) is 0 Å². The fourth-order valence-corrected chi connectivity index (χ4v) is 2.70. The van der Waals surface area contributed by atoms with Crippen LogP contribution in [0.2, 0.25) is 0 Å². The molecule has 0 unspecified atom stereocenters. The highest BCUT2D eigenvalue weighted by molar-refractivity contribution is 5.80. The molecule has 2 rings (SSSR count). The summed E-state index contributed by atoms with van der Waals surface area (Å²) in [6.07, 6.45) is 0.393. The van der Waals surface area contributed by atoms with Crippen molar-refractivity contribution in [3.05, 3.63) is 29.8 Å². The van der Waals surface area contributed by atoms with Crippen LogP contribution in [-0.4, -0.2) is 54.4 Å². The Labute approximate surface area is 138 Å². The zero-order chi connectivity index (χ0) is 16.8. The van der Waals surface area contributed by atoms with Gasteiger partial charge >= 0.3 is 0 Å². The van der Waals surface area contributed by atoms with Gasteiger partial charge in [-0.25, -0.2) is 0 Å². The highest BCUT2D eigenvalue weighted by Gasteiger charge is 2.25. The second-order valence-electron chi connectivity index (χ2n) is 6.11. The van der Waals surface area contributed by atoms with Gasteiger partial charge in [-0.3, -0.25) is 9.59 Å². The van der Waals surface area contributed by atoms with E-state index in [1.165, 1.54) is 0 Å². The van der Waals surface area contributed by atoms with Crippen molar-refractivity contribution in [2.24, 2.45) is 5.92 Å². The molecule has 2 amide bonds. The molecule has 0 saturated carbocycles. The van der Waals surface area contributed by atoms with E-state index in [0.717, 1.165) is 11.3 Å². The Morgan fingerprint density at radius 1 is 1.04 bits per heavy atom. The van der Waals surface area contributed by atoms with Crippen LogP contribution in [0.5, 0.6) is 5.75 Å². The fourth-order valence-electron chi connectivity index (χ4n) is 2.70. The first kappa shape index (κ1) is 17.3. The summed E-state index contributed by atoms with van der Waals surface area (Å²) in [5.74, 6) is 1.13. The van der Waals surface area contributed by atoms with E-state index in [1.807, 2.05) is 54.8 Å². The molecule has 0 bridgehead atoms. The van der Waals surface area contributed by atoms with Crippen molar-refractivity contribution in [2.45, 2.75) is 27.2 Å². The number of rotatable bonds is 5. The summed E-state index contributed by atoms with van der Waals surface area (Å²) < 4.78 is 5.40. The highest BCUT2D eigenvalue weighted by atomic mass is 16.5. The number of carbonyl (C=O) groups excluding carboxylic acids is 2. The molecule has 126 valence electrons. The van der Waals surface area contributed by atoms with E-state index in [4.69, 9.17) is 4.74 Å². The summed E-state index contributed by atoms with van der Waals surface area (Å²) in [7, 11) is 0. The summed E-state index contributed by atoms with van der Waals surface area (Å²) in [6.45, 7) is 8.90. The molecule has 1 heterocycles. The van der Waals surface area contributed by atoms with Gasteiger partial charge in [0.2, 0.25) is 11.8 Å². The van der Waals surface area contributed by atoms with Gasteiger partial charge in [0.1, 0.15) is 5.75 Å². The maximum atomic E-state index is 12.4. The normalized spacial score (nSPS) is 15.0. The Balaban J connectivity index is 1.84. The zero-order valence-corrected chi connectivity index (χ0v) is 14.2. The molecule has 0 spiro atoms. The smallest absolute Gasteiger partial charge is 0.227 e. The third kappa shape index (κ3) is 4.71. The molecule has 1 aliphatic heterocycles. The maximum absolute atomic E-state index is 12.4. The van der Waals surface area contributed by atoms with Gasteiger partial charge in [-0.2, -0.15) is 0 Å². The predicted molar refractivity (Wildman–Crippen MR) is 89.3 cm³/mol. The molecule has 0 aromatic heterocycles. The van der Waals surface area contributed by atoms with Gasteiger partial charge in [0.05, 0.1) is 13.0 Å². The summed E-state index contributed by atoms with van der Waals surface area (Å²) in [6, 6.07) is 7.65. The molecule has 0 aliphatic carbocycles. The SMILES string of the molecule is CCOc1ccc(CC(=O)N2CCN(C(=O)C(C)C)CC2)cc1. The van der Waals surface area contributed by atoms with Gasteiger partial charge in [-0.05, 0) is 24.6 Å². The average molecular weight is 318 g/mol. The predicted octanol–water partition coefficient (Wildman–Crippen LogP) is 1.95. The quantitative estimate of drug-likeness (QED) is 0.834. The summed E-state index contributed by atoms with van der Waals surface area (Å²) in [5.41, 5.74) is 0.985. The molecular formula is C18H26N2O3. The highest BCUT2D eigenvalue weighted by Crippen LogP contribution is 2.14. The van der Waals surface area contributed by atoms with Crippen molar-refractivity contribution in [1.29, 1.82) is 0 Å². The minimum atomic E-state index is 0.0149. The van der Waals surface area contributed by atoms with Crippen LogP contribution in [-0.2, 0) is 16.0 Å². The van der Waals surface area contributed by atoms with Gasteiger partial charge in [-0.1, -0.05) is 26.0 Å². The van der Waals surface area contributed by atoms with E-state index in [-0.39, 0.29) is 17.7 Å². The van der Waals surface area contributed by atoms with Crippen LogP contribution in [0.1, 0.15) is 26.3 Å². The molecule has 0 N–H and O–H groups in total. The Morgan fingerprint density at radius 2 is 1.61 bits per heavy atom.